The largest absolute Gasteiger partial charge is 0.361 e. The number of aryl methyl sites for hydroxylation is 1. The number of aromatic amines is 1. The van der Waals surface area contributed by atoms with E-state index in [1.54, 1.807) is 4.90 Å². The number of H-pyrrole nitrogens is 1. The van der Waals surface area contributed by atoms with Gasteiger partial charge in [0.25, 0.3) is 0 Å². The molecule has 1 aromatic carbocycles. The number of anilines is 1. The van der Waals surface area contributed by atoms with Gasteiger partial charge in [-0.3, -0.25) is 9.59 Å². The number of rotatable bonds is 6. The Morgan fingerprint density at radius 3 is 2.90 bits per heavy atom. The lowest BCUT2D eigenvalue weighted by Crippen LogP contribution is -2.30. The van der Waals surface area contributed by atoms with Gasteiger partial charge in [0, 0.05) is 43.0 Å². The lowest BCUT2D eigenvalue weighted by atomic mass is 9.93. The van der Waals surface area contributed by atoms with Crippen molar-refractivity contribution in [3.63, 3.8) is 0 Å². The summed E-state index contributed by atoms with van der Waals surface area (Å²) in [7, 11) is 0. The zero-order valence-corrected chi connectivity index (χ0v) is 19.3. The number of fused-ring (bicyclic) bond motifs is 1. The number of hydrogen-bond donors (Lipinski definition) is 2. The number of nitrogens with one attached hydrogen (secondary N) is 2. The molecule has 7 nitrogen and oxygen atoms in total. The van der Waals surface area contributed by atoms with E-state index < -0.39 is 0 Å². The van der Waals surface area contributed by atoms with Gasteiger partial charge in [-0.05, 0) is 36.5 Å². The summed E-state index contributed by atoms with van der Waals surface area (Å²) in [5, 5.41) is 13.7. The van der Waals surface area contributed by atoms with Crippen LogP contribution in [0.25, 0.3) is 10.9 Å². The molecule has 0 aliphatic carbocycles. The van der Waals surface area contributed by atoms with Crippen molar-refractivity contribution in [1.29, 1.82) is 0 Å². The minimum atomic E-state index is -0.354. The highest BCUT2D eigenvalue weighted by atomic mass is 32.1. The molecule has 2 amide bonds. The van der Waals surface area contributed by atoms with Crippen molar-refractivity contribution >= 4 is 39.2 Å². The number of carbonyl (C=O) groups excluding carboxylic acids is 2. The quantitative estimate of drug-likeness (QED) is 0.608. The molecule has 1 aliphatic rings. The Balaban J connectivity index is 1.33. The van der Waals surface area contributed by atoms with Crippen LogP contribution in [-0.2, 0) is 22.4 Å². The average molecular weight is 440 g/mol. The van der Waals surface area contributed by atoms with Gasteiger partial charge in [0.05, 0.1) is 5.92 Å². The van der Waals surface area contributed by atoms with E-state index in [2.05, 4.69) is 66.4 Å². The molecule has 1 atom stereocenters. The monoisotopic (exact) mass is 439 g/mol. The van der Waals surface area contributed by atoms with Crippen molar-refractivity contribution in [3.05, 3.63) is 40.5 Å². The Bertz CT molecular complexity index is 1110. The van der Waals surface area contributed by atoms with Crippen LogP contribution in [-0.4, -0.2) is 45.0 Å². The average Bonchev–Trinajstić information content (AvgIpc) is 3.38. The first-order valence-electron chi connectivity index (χ1n) is 10.7. The van der Waals surface area contributed by atoms with E-state index in [0.29, 0.717) is 18.2 Å². The van der Waals surface area contributed by atoms with Crippen molar-refractivity contribution in [2.75, 3.05) is 18.4 Å². The molecule has 0 bridgehead atoms. The van der Waals surface area contributed by atoms with Crippen LogP contribution in [0.5, 0.6) is 0 Å². The summed E-state index contributed by atoms with van der Waals surface area (Å²) in [6.07, 6.45) is 3.83. The van der Waals surface area contributed by atoms with Gasteiger partial charge in [-0.1, -0.05) is 43.7 Å². The fraction of sp³-hybridized carbons (Fsp3) is 0.478. The third kappa shape index (κ3) is 5.12. The third-order valence-corrected chi connectivity index (χ3v) is 6.38. The fourth-order valence-corrected chi connectivity index (χ4v) is 5.00. The number of carbonyl (C=O) groups is 2. The highest BCUT2D eigenvalue weighted by molar-refractivity contribution is 7.15. The van der Waals surface area contributed by atoms with Gasteiger partial charge in [0.2, 0.25) is 16.9 Å². The SMILES string of the molecule is Cc1ccc2[nH]cc(CCN3C[C@H](C(=O)Nc4nnc(CC(C)(C)C)s4)CC3=O)c2c1. The minimum Gasteiger partial charge on any atom is -0.361 e. The lowest BCUT2D eigenvalue weighted by molar-refractivity contribution is -0.128. The second-order valence-electron chi connectivity index (χ2n) is 9.58. The molecular formula is C23H29N5O2S. The molecule has 4 rings (SSSR count). The first-order chi connectivity index (χ1) is 14.7. The van der Waals surface area contributed by atoms with Crippen LogP contribution >= 0.6 is 11.3 Å². The Kier molecular flexibility index (Phi) is 5.83. The van der Waals surface area contributed by atoms with Gasteiger partial charge < -0.3 is 15.2 Å². The molecule has 3 aromatic rings. The molecule has 0 unspecified atom stereocenters. The molecule has 1 saturated heterocycles. The summed E-state index contributed by atoms with van der Waals surface area (Å²) in [5.41, 5.74) is 3.63. The summed E-state index contributed by atoms with van der Waals surface area (Å²) in [5.74, 6) is -0.480. The van der Waals surface area contributed by atoms with Gasteiger partial charge in [0.15, 0.2) is 0 Å². The van der Waals surface area contributed by atoms with Gasteiger partial charge in [-0.25, -0.2) is 0 Å². The Labute approximate surface area is 186 Å². The smallest absolute Gasteiger partial charge is 0.231 e. The standard InChI is InChI=1S/C23H29N5O2S/c1-14-5-6-18-17(9-14)15(12-24-18)7-8-28-13-16(10-20(28)29)21(30)25-22-27-26-19(31-22)11-23(2,3)4/h5-6,9,12,16,24H,7-8,10-11,13H2,1-4H3,(H,25,27,30)/t16-/m1/s1. The van der Waals surface area contributed by atoms with E-state index in [9.17, 15) is 9.59 Å². The second kappa shape index (κ2) is 8.42. The molecule has 164 valence electrons. The van der Waals surface area contributed by atoms with Crippen molar-refractivity contribution in [2.45, 2.75) is 47.0 Å². The summed E-state index contributed by atoms with van der Waals surface area (Å²) in [4.78, 5) is 30.3. The van der Waals surface area contributed by atoms with E-state index in [1.807, 2.05) is 6.20 Å². The number of likely N-dealkylation sites (tertiary alicyclic amines) is 1. The van der Waals surface area contributed by atoms with E-state index in [0.717, 1.165) is 23.4 Å². The van der Waals surface area contributed by atoms with Crippen molar-refractivity contribution in [2.24, 2.45) is 11.3 Å². The first-order valence-corrected chi connectivity index (χ1v) is 11.5. The molecule has 1 aliphatic heterocycles. The molecular weight excluding hydrogens is 410 g/mol. The molecule has 1 fully saturated rings. The predicted molar refractivity (Wildman–Crippen MR) is 123 cm³/mol. The van der Waals surface area contributed by atoms with Crippen molar-refractivity contribution in [3.8, 4) is 0 Å². The molecule has 8 heteroatoms. The van der Waals surface area contributed by atoms with Crippen LogP contribution < -0.4 is 5.32 Å². The predicted octanol–water partition coefficient (Wildman–Crippen LogP) is 3.95. The second-order valence-corrected chi connectivity index (χ2v) is 10.6. The minimum absolute atomic E-state index is 0.0295. The van der Waals surface area contributed by atoms with Crippen LogP contribution in [0.4, 0.5) is 5.13 Å². The van der Waals surface area contributed by atoms with Crippen LogP contribution in [0.1, 0.15) is 43.3 Å². The number of benzene rings is 1. The molecule has 0 saturated carbocycles. The van der Waals surface area contributed by atoms with Gasteiger partial charge in [-0.2, -0.15) is 0 Å². The number of hydrogen-bond acceptors (Lipinski definition) is 5. The normalized spacial score (nSPS) is 17.0. The Morgan fingerprint density at radius 2 is 2.13 bits per heavy atom. The van der Waals surface area contributed by atoms with Crippen LogP contribution in [0, 0.1) is 18.3 Å². The van der Waals surface area contributed by atoms with Crippen LogP contribution in [0.15, 0.2) is 24.4 Å². The maximum absolute atomic E-state index is 12.7. The molecule has 2 N–H and O–H groups in total. The van der Waals surface area contributed by atoms with E-state index in [1.165, 1.54) is 27.8 Å². The van der Waals surface area contributed by atoms with Crippen LogP contribution in [0.2, 0.25) is 0 Å². The number of nitrogens with zero attached hydrogens (tertiary/aromatic N) is 3. The highest BCUT2D eigenvalue weighted by Gasteiger charge is 2.34. The zero-order valence-electron chi connectivity index (χ0n) is 18.5. The maximum Gasteiger partial charge on any atom is 0.231 e. The first kappa shape index (κ1) is 21.5. The maximum atomic E-state index is 12.7. The highest BCUT2D eigenvalue weighted by Crippen LogP contribution is 2.27. The molecule has 0 spiro atoms. The van der Waals surface area contributed by atoms with E-state index in [4.69, 9.17) is 0 Å². The topological polar surface area (TPSA) is 91.0 Å². The summed E-state index contributed by atoms with van der Waals surface area (Å²) >= 11 is 1.40. The third-order valence-electron chi connectivity index (χ3n) is 5.54. The van der Waals surface area contributed by atoms with Gasteiger partial charge in [-0.15, -0.1) is 10.2 Å². The van der Waals surface area contributed by atoms with Gasteiger partial charge in [0.1, 0.15) is 5.01 Å². The molecule has 31 heavy (non-hydrogen) atoms. The fourth-order valence-electron chi connectivity index (χ4n) is 3.96. The van der Waals surface area contributed by atoms with Gasteiger partial charge >= 0.3 is 0 Å². The zero-order chi connectivity index (χ0) is 22.2. The Hall–Kier alpha value is -2.74. The van der Waals surface area contributed by atoms with E-state index >= 15 is 0 Å². The summed E-state index contributed by atoms with van der Waals surface area (Å²) in [6.45, 7) is 9.56. The lowest BCUT2D eigenvalue weighted by Gasteiger charge is -2.16. The van der Waals surface area contributed by atoms with Crippen molar-refractivity contribution in [1.82, 2.24) is 20.1 Å². The summed E-state index contributed by atoms with van der Waals surface area (Å²) in [6, 6.07) is 6.33. The molecule has 0 radical (unpaired) electrons. The number of amides is 2. The van der Waals surface area contributed by atoms with Crippen molar-refractivity contribution < 1.29 is 9.59 Å². The Morgan fingerprint density at radius 1 is 1.32 bits per heavy atom. The van der Waals surface area contributed by atoms with Crippen LogP contribution in [0.3, 0.4) is 0 Å². The molecule has 3 heterocycles. The molecule has 2 aromatic heterocycles. The summed E-state index contributed by atoms with van der Waals surface area (Å²) < 4.78 is 0. The number of aromatic nitrogens is 3. The van der Waals surface area contributed by atoms with E-state index in [-0.39, 0.29) is 29.6 Å².